The molecule has 0 spiro atoms. The second-order valence-electron chi connectivity index (χ2n) is 9.76. The van der Waals surface area contributed by atoms with Crippen molar-refractivity contribution in [3.8, 4) is 17.2 Å². The van der Waals surface area contributed by atoms with Crippen molar-refractivity contribution in [3.05, 3.63) is 98.9 Å². The number of amides is 1. The summed E-state index contributed by atoms with van der Waals surface area (Å²) >= 11 is 7.03. The quantitative estimate of drug-likeness (QED) is 0.176. The highest BCUT2D eigenvalue weighted by Crippen LogP contribution is 2.36. The van der Waals surface area contributed by atoms with Gasteiger partial charge in [-0.3, -0.25) is 9.52 Å². The number of halogens is 1. The zero-order valence-electron chi connectivity index (χ0n) is 22.6. The van der Waals surface area contributed by atoms with Gasteiger partial charge in [-0.25, -0.2) is 8.42 Å². The van der Waals surface area contributed by atoms with Gasteiger partial charge in [-0.15, -0.1) is 11.3 Å². The molecule has 0 saturated carbocycles. The molecular weight excluding hydrogens is 568 g/mol. The molecule has 0 aliphatic heterocycles. The lowest BCUT2D eigenvalue weighted by atomic mass is 10.0. The highest BCUT2D eigenvalue weighted by atomic mass is 35.5. The van der Waals surface area contributed by atoms with Crippen LogP contribution in [0.1, 0.15) is 51.7 Å². The first-order chi connectivity index (χ1) is 18.9. The molecule has 0 saturated heterocycles. The van der Waals surface area contributed by atoms with Crippen LogP contribution in [0.15, 0.2) is 70.9 Å². The Labute approximate surface area is 243 Å². The van der Waals surface area contributed by atoms with Gasteiger partial charge < -0.3 is 15.2 Å². The second kappa shape index (κ2) is 12.3. The number of aryl methyl sites for hydroxylation is 2. The van der Waals surface area contributed by atoms with Crippen LogP contribution in [-0.4, -0.2) is 26.0 Å². The third-order valence-electron chi connectivity index (χ3n) is 6.22. The monoisotopic (exact) mass is 598 g/mol. The third kappa shape index (κ3) is 7.15. The van der Waals surface area contributed by atoms with Crippen molar-refractivity contribution in [1.29, 1.82) is 0 Å². The summed E-state index contributed by atoms with van der Waals surface area (Å²) in [6, 6.07) is 18.5. The number of hydrogen-bond acceptors (Lipinski definition) is 6. The minimum absolute atomic E-state index is 0.133. The van der Waals surface area contributed by atoms with Gasteiger partial charge >= 0.3 is 0 Å². The van der Waals surface area contributed by atoms with Gasteiger partial charge in [-0.1, -0.05) is 25.4 Å². The Kier molecular flexibility index (Phi) is 9.08. The van der Waals surface area contributed by atoms with Crippen LogP contribution in [0.3, 0.4) is 0 Å². The van der Waals surface area contributed by atoms with E-state index in [4.69, 9.17) is 16.3 Å². The Morgan fingerprint density at radius 1 is 1.00 bits per heavy atom. The maximum absolute atomic E-state index is 13.1. The summed E-state index contributed by atoms with van der Waals surface area (Å²) in [6.45, 7) is 8.06. The van der Waals surface area contributed by atoms with Gasteiger partial charge in [-0.05, 0) is 104 Å². The third-order valence-corrected chi connectivity index (χ3v) is 9.49. The van der Waals surface area contributed by atoms with Crippen LogP contribution in [0.4, 0.5) is 5.69 Å². The molecule has 4 rings (SSSR count). The van der Waals surface area contributed by atoms with Gasteiger partial charge in [0.15, 0.2) is 0 Å². The van der Waals surface area contributed by atoms with Crippen LogP contribution >= 0.6 is 22.9 Å². The van der Waals surface area contributed by atoms with Gasteiger partial charge in [0.1, 0.15) is 21.5 Å². The van der Waals surface area contributed by atoms with Crippen molar-refractivity contribution in [2.45, 2.75) is 44.2 Å². The predicted molar refractivity (Wildman–Crippen MR) is 161 cm³/mol. The van der Waals surface area contributed by atoms with E-state index in [1.54, 1.807) is 60.7 Å². The van der Waals surface area contributed by atoms with Crippen LogP contribution in [0, 0.1) is 13.8 Å². The van der Waals surface area contributed by atoms with E-state index in [9.17, 15) is 18.3 Å². The minimum atomic E-state index is -3.81. The Hall–Kier alpha value is -3.53. The number of nitrogens with one attached hydrogen (secondary N) is 2. The zero-order valence-corrected chi connectivity index (χ0v) is 25.0. The fourth-order valence-corrected chi connectivity index (χ4v) is 6.71. The molecule has 0 atom stereocenters. The van der Waals surface area contributed by atoms with Crippen LogP contribution in [0.5, 0.6) is 17.2 Å². The molecule has 0 aliphatic rings. The van der Waals surface area contributed by atoms with Gasteiger partial charge in [0.2, 0.25) is 0 Å². The Morgan fingerprint density at radius 2 is 1.68 bits per heavy atom. The molecule has 3 N–H and O–H groups in total. The fourth-order valence-electron chi connectivity index (χ4n) is 4.19. The van der Waals surface area contributed by atoms with E-state index in [1.165, 1.54) is 0 Å². The Bertz CT molecular complexity index is 1610. The van der Waals surface area contributed by atoms with Crippen LogP contribution in [-0.2, 0) is 16.4 Å². The first-order valence-corrected chi connectivity index (χ1v) is 15.4. The standard InChI is InChI=1S/C30H31ClN2O5S2/c1-18(2)26-17-24(9-11-27(26)34)38-29-19(3)15-23(16-20(29)4)33-40(36,37)28-12-10-25(39-28)13-14-32-30(35)21-5-7-22(31)8-6-21/h5-12,15-18,33-34H,13-14H2,1-4H3,(H,32,35). The highest BCUT2D eigenvalue weighted by Gasteiger charge is 2.19. The summed E-state index contributed by atoms with van der Waals surface area (Å²) in [5, 5.41) is 13.5. The number of ether oxygens (including phenoxy) is 1. The van der Waals surface area contributed by atoms with E-state index < -0.39 is 10.0 Å². The number of rotatable bonds is 10. The molecule has 7 nitrogen and oxygen atoms in total. The minimum Gasteiger partial charge on any atom is -0.508 e. The summed E-state index contributed by atoms with van der Waals surface area (Å²) in [5.74, 6) is 1.36. The normalized spacial score (nSPS) is 11.4. The number of carbonyl (C=O) groups is 1. The number of carbonyl (C=O) groups excluding carboxylic acids is 1. The fraction of sp³-hybridized carbons (Fsp3) is 0.233. The molecule has 0 unspecified atom stereocenters. The van der Waals surface area contributed by atoms with Gasteiger partial charge in [-0.2, -0.15) is 0 Å². The summed E-state index contributed by atoms with van der Waals surface area (Å²) in [4.78, 5) is 13.1. The molecule has 3 aromatic carbocycles. The molecule has 1 amide bonds. The zero-order chi connectivity index (χ0) is 29.0. The number of phenols is 1. The molecule has 40 heavy (non-hydrogen) atoms. The lowest BCUT2D eigenvalue weighted by molar-refractivity contribution is 0.0954. The maximum atomic E-state index is 13.1. The molecular formula is C30H31ClN2O5S2. The predicted octanol–water partition coefficient (Wildman–Crippen LogP) is 7.41. The van der Waals surface area contributed by atoms with Crippen molar-refractivity contribution in [1.82, 2.24) is 5.32 Å². The van der Waals surface area contributed by atoms with Gasteiger partial charge in [0.05, 0.1) is 0 Å². The molecule has 0 aliphatic carbocycles. The molecule has 10 heteroatoms. The largest absolute Gasteiger partial charge is 0.508 e. The van der Waals surface area contributed by atoms with Crippen molar-refractivity contribution >= 4 is 44.6 Å². The SMILES string of the molecule is Cc1cc(NS(=O)(=O)c2ccc(CCNC(=O)c3ccc(Cl)cc3)s2)cc(C)c1Oc1ccc(O)c(C(C)C)c1. The highest BCUT2D eigenvalue weighted by molar-refractivity contribution is 7.94. The van der Waals surface area contributed by atoms with Gasteiger partial charge in [0.25, 0.3) is 15.9 Å². The summed E-state index contributed by atoms with van der Waals surface area (Å²) < 4.78 is 35.2. The van der Waals surface area contributed by atoms with Crippen LogP contribution in [0.2, 0.25) is 5.02 Å². The topological polar surface area (TPSA) is 105 Å². The Morgan fingerprint density at radius 3 is 2.33 bits per heavy atom. The molecule has 1 heterocycles. The number of thiophene rings is 1. The number of hydrogen-bond donors (Lipinski definition) is 3. The van der Waals surface area contributed by atoms with Crippen LogP contribution < -0.4 is 14.8 Å². The van der Waals surface area contributed by atoms with E-state index in [0.717, 1.165) is 32.9 Å². The second-order valence-corrected chi connectivity index (χ2v) is 13.3. The number of sulfonamides is 1. The molecule has 0 bridgehead atoms. The van der Waals surface area contributed by atoms with E-state index >= 15 is 0 Å². The smallest absolute Gasteiger partial charge is 0.271 e. The molecule has 0 fully saturated rings. The lowest BCUT2D eigenvalue weighted by Gasteiger charge is -2.16. The molecule has 1 aromatic heterocycles. The number of benzene rings is 3. The Balaban J connectivity index is 1.40. The van der Waals surface area contributed by atoms with Crippen LogP contribution in [0.25, 0.3) is 0 Å². The first kappa shape index (κ1) is 29.5. The average Bonchev–Trinajstić information content (AvgIpc) is 3.37. The van der Waals surface area contributed by atoms with E-state index in [0.29, 0.717) is 40.7 Å². The summed E-state index contributed by atoms with van der Waals surface area (Å²) in [5.41, 5.74) is 3.26. The molecule has 4 aromatic rings. The van der Waals surface area contributed by atoms with Crippen molar-refractivity contribution in [3.63, 3.8) is 0 Å². The number of aromatic hydroxyl groups is 1. The van der Waals surface area contributed by atoms with E-state index in [-0.39, 0.29) is 21.8 Å². The number of anilines is 1. The van der Waals surface area contributed by atoms with Gasteiger partial charge in [0, 0.05) is 33.3 Å². The first-order valence-electron chi connectivity index (χ1n) is 12.7. The van der Waals surface area contributed by atoms with E-state index in [2.05, 4.69) is 10.0 Å². The average molecular weight is 599 g/mol. The summed E-state index contributed by atoms with van der Waals surface area (Å²) in [6.07, 6.45) is 0.500. The number of phenolic OH excluding ortho intramolecular Hbond substituents is 1. The maximum Gasteiger partial charge on any atom is 0.271 e. The van der Waals surface area contributed by atoms with Crippen molar-refractivity contribution in [2.75, 3.05) is 11.3 Å². The summed E-state index contributed by atoms with van der Waals surface area (Å²) in [7, 11) is -3.81. The molecule has 0 radical (unpaired) electrons. The van der Waals surface area contributed by atoms with Crippen molar-refractivity contribution in [2.24, 2.45) is 0 Å². The van der Waals surface area contributed by atoms with Crippen molar-refractivity contribution < 1.29 is 23.1 Å². The van der Waals surface area contributed by atoms with E-state index in [1.807, 2.05) is 33.8 Å². The lowest BCUT2D eigenvalue weighted by Crippen LogP contribution is -2.25. The molecule has 210 valence electrons.